The van der Waals surface area contributed by atoms with Crippen LogP contribution in [0.15, 0.2) is 0 Å². The second kappa shape index (κ2) is 3.65. The molecular weight excluding hydrogens is 174 g/mol. The van der Waals surface area contributed by atoms with E-state index < -0.39 is 0 Å². The molecule has 1 unspecified atom stereocenters. The molecule has 0 bridgehead atoms. The summed E-state index contributed by atoms with van der Waals surface area (Å²) in [5.74, 6) is 0.451. The number of hydrogen-bond donors (Lipinski definition) is 0. The highest BCUT2D eigenvalue weighted by Gasteiger charge is 2.36. The van der Waals surface area contributed by atoms with E-state index in [-0.39, 0.29) is 0 Å². The quantitative estimate of drug-likeness (QED) is 0.673. The van der Waals surface area contributed by atoms with E-state index in [0.29, 0.717) is 17.2 Å². The van der Waals surface area contributed by atoms with Gasteiger partial charge in [-0.05, 0) is 25.2 Å². The predicted octanol–water partition coefficient (Wildman–Crippen LogP) is 2.23. The second-order valence-corrected chi connectivity index (χ2v) is 5.48. The van der Waals surface area contributed by atoms with Crippen molar-refractivity contribution in [1.29, 1.82) is 0 Å². The molecule has 2 heteroatoms. The van der Waals surface area contributed by atoms with Crippen molar-refractivity contribution in [3.05, 3.63) is 0 Å². The lowest BCUT2D eigenvalue weighted by atomic mass is 9.70. The lowest BCUT2D eigenvalue weighted by Crippen LogP contribution is -2.48. The highest BCUT2D eigenvalue weighted by molar-refractivity contribution is 5.79. The zero-order valence-corrected chi connectivity index (χ0v) is 9.38. The third-order valence-corrected chi connectivity index (χ3v) is 3.97. The molecule has 1 heterocycles. The average molecular weight is 195 g/mol. The zero-order valence-electron chi connectivity index (χ0n) is 9.38. The molecule has 0 aromatic rings. The minimum Gasteiger partial charge on any atom is -0.300 e. The smallest absolute Gasteiger partial charge is 0.135 e. The number of likely N-dealkylation sites (tertiary alicyclic amines) is 1. The molecule has 0 spiro atoms. The Bertz CT molecular complexity index is 232. The van der Waals surface area contributed by atoms with Gasteiger partial charge in [0.2, 0.25) is 0 Å². The highest BCUT2D eigenvalue weighted by Crippen LogP contribution is 2.41. The van der Waals surface area contributed by atoms with Crippen molar-refractivity contribution in [2.75, 3.05) is 13.1 Å². The number of hydrogen-bond acceptors (Lipinski definition) is 2. The standard InChI is InChI=1S/C12H21NO/c1-10-8-11(14)4-7-13(10)9-12(2)5-3-6-12/h10H,3-9H2,1-2H3. The van der Waals surface area contributed by atoms with Crippen LogP contribution in [0.3, 0.4) is 0 Å². The first kappa shape index (κ1) is 10.2. The van der Waals surface area contributed by atoms with Crippen LogP contribution in [0.4, 0.5) is 0 Å². The van der Waals surface area contributed by atoms with E-state index in [1.165, 1.54) is 25.8 Å². The van der Waals surface area contributed by atoms with Crippen molar-refractivity contribution in [2.45, 2.75) is 52.0 Å². The number of Topliss-reactive ketones (excluding diaryl/α,β-unsaturated/α-hetero) is 1. The van der Waals surface area contributed by atoms with Gasteiger partial charge in [-0.2, -0.15) is 0 Å². The number of carbonyl (C=O) groups excluding carboxylic acids is 1. The molecule has 2 fully saturated rings. The van der Waals surface area contributed by atoms with Gasteiger partial charge in [0.1, 0.15) is 5.78 Å². The Morgan fingerprint density at radius 1 is 1.50 bits per heavy atom. The maximum atomic E-state index is 11.2. The van der Waals surface area contributed by atoms with Crippen molar-refractivity contribution in [3.63, 3.8) is 0 Å². The summed E-state index contributed by atoms with van der Waals surface area (Å²) in [4.78, 5) is 13.8. The molecule has 0 aromatic carbocycles. The van der Waals surface area contributed by atoms with Gasteiger partial charge >= 0.3 is 0 Å². The van der Waals surface area contributed by atoms with E-state index in [4.69, 9.17) is 0 Å². The molecule has 1 saturated carbocycles. The molecule has 1 saturated heterocycles. The highest BCUT2D eigenvalue weighted by atomic mass is 16.1. The zero-order chi connectivity index (χ0) is 10.2. The third-order valence-electron chi connectivity index (χ3n) is 3.97. The molecule has 1 atom stereocenters. The van der Waals surface area contributed by atoms with Gasteiger partial charge in [0.15, 0.2) is 0 Å². The number of rotatable bonds is 2. The van der Waals surface area contributed by atoms with Crippen molar-refractivity contribution in [1.82, 2.24) is 4.90 Å². The fraction of sp³-hybridized carbons (Fsp3) is 0.917. The molecule has 0 amide bonds. The van der Waals surface area contributed by atoms with Crippen LogP contribution in [0.5, 0.6) is 0 Å². The molecule has 2 rings (SSSR count). The first-order valence-corrected chi connectivity index (χ1v) is 5.85. The summed E-state index contributed by atoms with van der Waals surface area (Å²) in [5, 5.41) is 0. The van der Waals surface area contributed by atoms with E-state index in [0.717, 1.165) is 19.4 Å². The van der Waals surface area contributed by atoms with Gasteiger partial charge in [-0.25, -0.2) is 0 Å². The van der Waals surface area contributed by atoms with Crippen LogP contribution in [0.25, 0.3) is 0 Å². The Labute approximate surface area is 86.7 Å². The van der Waals surface area contributed by atoms with Gasteiger partial charge in [0.25, 0.3) is 0 Å². The summed E-state index contributed by atoms with van der Waals surface area (Å²) in [6, 6.07) is 0.480. The van der Waals surface area contributed by atoms with Crippen LogP contribution in [0.1, 0.15) is 46.0 Å². The topological polar surface area (TPSA) is 20.3 Å². The van der Waals surface area contributed by atoms with Crippen molar-refractivity contribution in [3.8, 4) is 0 Å². The Hall–Kier alpha value is -0.370. The van der Waals surface area contributed by atoms with Crippen LogP contribution in [0.2, 0.25) is 0 Å². The van der Waals surface area contributed by atoms with E-state index in [1.54, 1.807) is 0 Å². The van der Waals surface area contributed by atoms with Gasteiger partial charge in [0.05, 0.1) is 0 Å². The van der Waals surface area contributed by atoms with Gasteiger partial charge in [-0.1, -0.05) is 13.3 Å². The van der Waals surface area contributed by atoms with Gasteiger partial charge < -0.3 is 0 Å². The summed E-state index contributed by atoms with van der Waals surface area (Å²) >= 11 is 0. The van der Waals surface area contributed by atoms with E-state index in [2.05, 4.69) is 18.7 Å². The number of nitrogens with zero attached hydrogens (tertiary/aromatic N) is 1. The Balaban J connectivity index is 1.88. The lowest BCUT2D eigenvalue weighted by molar-refractivity contribution is -0.123. The van der Waals surface area contributed by atoms with Crippen LogP contribution in [0, 0.1) is 5.41 Å². The average Bonchev–Trinajstić information content (AvgIpc) is 2.07. The van der Waals surface area contributed by atoms with Crippen molar-refractivity contribution in [2.24, 2.45) is 5.41 Å². The van der Waals surface area contributed by atoms with Crippen LogP contribution >= 0.6 is 0 Å². The summed E-state index contributed by atoms with van der Waals surface area (Å²) in [5.41, 5.74) is 0.564. The predicted molar refractivity (Wildman–Crippen MR) is 57.2 cm³/mol. The maximum absolute atomic E-state index is 11.2. The molecule has 0 radical (unpaired) electrons. The van der Waals surface area contributed by atoms with Crippen molar-refractivity contribution >= 4 is 5.78 Å². The van der Waals surface area contributed by atoms with E-state index in [9.17, 15) is 4.79 Å². The molecule has 2 nitrogen and oxygen atoms in total. The molecule has 0 N–H and O–H groups in total. The lowest BCUT2D eigenvalue weighted by Gasteiger charge is -2.45. The van der Waals surface area contributed by atoms with Crippen LogP contribution in [-0.2, 0) is 4.79 Å². The minimum atomic E-state index is 0.451. The van der Waals surface area contributed by atoms with Crippen LogP contribution in [-0.4, -0.2) is 29.8 Å². The number of ketones is 1. The SMILES string of the molecule is CC1CC(=O)CCN1CC1(C)CCC1. The number of carbonyl (C=O) groups is 1. The summed E-state index contributed by atoms with van der Waals surface area (Å²) in [6.45, 7) is 6.79. The van der Waals surface area contributed by atoms with Gasteiger partial charge in [0, 0.05) is 32.0 Å². The first-order chi connectivity index (χ1) is 6.59. The van der Waals surface area contributed by atoms with Crippen LogP contribution < -0.4 is 0 Å². The number of piperidine rings is 1. The van der Waals surface area contributed by atoms with Crippen molar-refractivity contribution < 1.29 is 4.79 Å². The molecular formula is C12H21NO. The Kier molecular flexibility index (Phi) is 2.65. The normalized spacial score (nSPS) is 32.7. The van der Waals surface area contributed by atoms with E-state index >= 15 is 0 Å². The molecule has 1 aliphatic heterocycles. The van der Waals surface area contributed by atoms with E-state index in [1.807, 2.05) is 0 Å². The monoisotopic (exact) mass is 195 g/mol. The molecule has 14 heavy (non-hydrogen) atoms. The maximum Gasteiger partial charge on any atom is 0.135 e. The minimum absolute atomic E-state index is 0.451. The Morgan fingerprint density at radius 2 is 2.21 bits per heavy atom. The summed E-state index contributed by atoms with van der Waals surface area (Å²) < 4.78 is 0. The molecule has 0 aromatic heterocycles. The van der Waals surface area contributed by atoms with Gasteiger partial charge in [-0.15, -0.1) is 0 Å². The Morgan fingerprint density at radius 3 is 2.71 bits per heavy atom. The third kappa shape index (κ3) is 2.00. The molecule has 1 aliphatic carbocycles. The summed E-state index contributed by atoms with van der Waals surface area (Å²) in [7, 11) is 0. The summed E-state index contributed by atoms with van der Waals surface area (Å²) in [6.07, 6.45) is 5.71. The fourth-order valence-electron chi connectivity index (χ4n) is 2.71. The molecule has 2 aliphatic rings. The largest absolute Gasteiger partial charge is 0.300 e. The molecule has 80 valence electrons. The van der Waals surface area contributed by atoms with Gasteiger partial charge in [-0.3, -0.25) is 9.69 Å². The first-order valence-electron chi connectivity index (χ1n) is 5.85. The second-order valence-electron chi connectivity index (χ2n) is 5.48. The fourth-order valence-corrected chi connectivity index (χ4v) is 2.71.